The molecule has 0 radical (unpaired) electrons. The van der Waals surface area contributed by atoms with E-state index in [0.29, 0.717) is 6.54 Å². The largest absolute Gasteiger partial charge is 0.399 e. The van der Waals surface area contributed by atoms with Crippen molar-refractivity contribution in [1.82, 2.24) is 5.32 Å². The maximum absolute atomic E-state index is 13.5. The molecule has 1 saturated heterocycles. The third kappa shape index (κ3) is 2.23. The van der Waals surface area contributed by atoms with Crippen LogP contribution in [0.15, 0.2) is 12.1 Å². The number of anilines is 1. The Hall–Kier alpha value is -0.810. The van der Waals surface area contributed by atoms with Crippen LogP contribution in [-0.2, 0) is 0 Å². The van der Waals surface area contributed by atoms with Gasteiger partial charge in [0.2, 0.25) is 0 Å². The van der Waals surface area contributed by atoms with Crippen LogP contribution in [-0.4, -0.2) is 18.8 Å². The molecule has 15 heavy (non-hydrogen) atoms. The standard InChI is InChI=1S/C10H12F2N2S/c11-7-3-6(13)4-8(12)10(7)9-5-14-1-2-15-9/h3-4,9,14H,1-2,5,13H2. The number of nitrogens with one attached hydrogen (secondary N) is 1. The minimum atomic E-state index is -0.548. The van der Waals surface area contributed by atoms with Crippen LogP contribution in [0.4, 0.5) is 14.5 Å². The molecule has 0 aromatic heterocycles. The van der Waals surface area contributed by atoms with Gasteiger partial charge in [-0.25, -0.2) is 8.78 Å². The van der Waals surface area contributed by atoms with Gasteiger partial charge in [0.15, 0.2) is 0 Å². The minimum Gasteiger partial charge on any atom is -0.399 e. The lowest BCUT2D eigenvalue weighted by Crippen LogP contribution is -2.29. The second-order valence-corrected chi connectivity index (χ2v) is 4.77. The molecule has 1 unspecified atom stereocenters. The van der Waals surface area contributed by atoms with Gasteiger partial charge in [-0.3, -0.25) is 0 Å². The molecule has 1 heterocycles. The quantitative estimate of drug-likeness (QED) is 0.724. The van der Waals surface area contributed by atoms with Gasteiger partial charge in [-0.2, -0.15) is 11.8 Å². The third-order valence-electron chi connectivity index (χ3n) is 2.35. The lowest BCUT2D eigenvalue weighted by Gasteiger charge is -2.23. The average molecular weight is 230 g/mol. The topological polar surface area (TPSA) is 38.0 Å². The summed E-state index contributed by atoms with van der Waals surface area (Å²) >= 11 is 1.57. The van der Waals surface area contributed by atoms with Crippen molar-refractivity contribution in [3.05, 3.63) is 29.3 Å². The van der Waals surface area contributed by atoms with Crippen molar-refractivity contribution in [3.63, 3.8) is 0 Å². The molecule has 2 rings (SSSR count). The zero-order valence-corrected chi connectivity index (χ0v) is 8.91. The normalized spacial score (nSPS) is 21.6. The van der Waals surface area contributed by atoms with Crippen molar-refractivity contribution < 1.29 is 8.78 Å². The summed E-state index contributed by atoms with van der Waals surface area (Å²) in [6.07, 6.45) is 0. The van der Waals surface area contributed by atoms with Gasteiger partial charge in [-0.1, -0.05) is 0 Å². The highest BCUT2D eigenvalue weighted by atomic mass is 32.2. The van der Waals surface area contributed by atoms with Crippen LogP contribution in [0.2, 0.25) is 0 Å². The molecule has 0 spiro atoms. The SMILES string of the molecule is Nc1cc(F)c(C2CNCCS2)c(F)c1. The first-order valence-electron chi connectivity index (χ1n) is 4.75. The Balaban J connectivity index is 2.33. The zero-order chi connectivity index (χ0) is 10.8. The lowest BCUT2D eigenvalue weighted by molar-refractivity contribution is 0.543. The van der Waals surface area contributed by atoms with Gasteiger partial charge < -0.3 is 11.1 Å². The summed E-state index contributed by atoms with van der Waals surface area (Å²) in [5.74, 6) is -0.226. The fourth-order valence-electron chi connectivity index (χ4n) is 1.66. The first kappa shape index (κ1) is 10.7. The Morgan fingerprint density at radius 2 is 2.00 bits per heavy atom. The molecule has 1 aromatic carbocycles. The molecule has 2 nitrogen and oxygen atoms in total. The van der Waals surface area contributed by atoms with Gasteiger partial charge in [0.1, 0.15) is 11.6 Å². The Labute approximate surface area is 91.2 Å². The molecule has 0 bridgehead atoms. The van der Waals surface area contributed by atoms with Gasteiger partial charge in [0, 0.05) is 35.3 Å². The van der Waals surface area contributed by atoms with E-state index in [2.05, 4.69) is 5.32 Å². The summed E-state index contributed by atoms with van der Waals surface area (Å²) in [5, 5.41) is 2.96. The molecule has 82 valence electrons. The molecule has 1 fully saturated rings. The molecule has 1 aromatic rings. The molecule has 1 aliphatic heterocycles. The Bertz CT molecular complexity index is 341. The van der Waals surface area contributed by atoms with Gasteiger partial charge >= 0.3 is 0 Å². The molecule has 0 amide bonds. The van der Waals surface area contributed by atoms with Crippen LogP contribution < -0.4 is 11.1 Å². The van der Waals surface area contributed by atoms with Gasteiger partial charge in [0.25, 0.3) is 0 Å². The lowest BCUT2D eigenvalue weighted by atomic mass is 10.1. The molecular weight excluding hydrogens is 218 g/mol. The summed E-state index contributed by atoms with van der Waals surface area (Å²) in [6.45, 7) is 1.49. The average Bonchev–Trinajstić information content (AvgIpc) is 2.17. The molecule has 0 saturated carbocycles. The first-order chi connectivity index (χ1) is 7.18. The summed E-state index contributed by atoms with van der Waals surface area (Å²) in [6, 6.07) is 2.35. The highest BCUT2D eigenvalue weighted by Gasteiger charge is 2.23. The van der Waals surface area contributed by atoms with Crippen LogP contribution in [0.25, 0.3) is 0 Å². The van der Waals surface area contributed by atoms with E-state index in [-0.39, 0.29) is 16.5 Å². The Morgan fingerprint density at radius 3 is 2.53 bits per heavy atom. The maximum Gasteiger partial charge on any atom is 0.132 e. The third-order valence-corrected chi connectivity index (χ3v) is 3.60. The van der Waals surface area contributed by atoms with E-state index in [1.807, 2.05) is 0 Å². The fraction of sp³-hybridized carbons (Fsp3) is 0.400. The summed E-state index contributed by atoms with van der Waals surface area (Å²) in [5.41, 5.74) is 5.62. The van der Waals surface area contributed by atoms with Crippen LogP contribution >= 0.6 is 11.8 Å². The van der Waals surface area contributed by atoms with E-state index in [4.69, 9.17) is 5.73 Å². The number of nitrogen functional groups attached to an aromatic ring is 1. The van der Waals surface area contributed by atoms with E-state index < -0.39 is 11.6 Å². The molecule has 3 N–H and O–H groups in total. The van der Waals surface area contributed by atoms with E-state index in [1.54, 1.807) is 11.8 Å². The summed E-state index contributed by atoms with van der Waals surface area (Å²) in [7, 11) is 0. The summed E-state index contributed by atoms with van der Waals surface area (Å²) in [4.78, 5) is 0. The minimum absolute atomic E-state index is 0.127. The number of halogens is 2. The second-order valence-electron chi connectivity index (χ2n) is 3.46. The van der Waals surface area contributed by atoms with Gasteiger partial charge in [-0.05, 0) is 12.1 Å². The zero-order valence-electron chi connectivity index (χ0n) is 8.09. The molecular formula is C10H12F2N2S. The first-order valence-corrected chi connectivity index (χ1v) is 5.80. The van der Waals surface area contributed by atoms with Crippen molar-refractivity contribution in [2.45, 2.75) is 5.25 Å². The Morgan fingerprint density at radius 1 is 1.33 bits per heavy atom. The van der Waals surface area contributed by atoms with Crippen LogP contribution in [0.1, 0.15) is 10.8 Å². The monoisotopic (exact) mass is 230 g/mol. The smallest absolute Gasteiger partial charge is 0.132 e. The van der Waals surface area contributed by atoms with Crippen molar-refractivity contribution >= 4 is 17.4 Å². The molecule has 5 heteroatoms. The van der Waals surface area contributed by atoms with Crippen LogP contribution in [0, 0.1) is 11.6 Å². The number of thioether (sulfide) groups is 1. The van der Waals surface area contributed by atoms with Crippen molar-refractivity contribution in [1.29, 1.82) is 0 Å². The van der Waals surface area contributed by atoms with E-state index in [1.165, 1.54) is 12.1 Å². The predicted octanol–water partition coefficient (Wildman–Crippen LogP) is 1.92. The summed E-state index contributed by atoms with van der Waals surface area (Å²) < 4.78 is 27.1. The molecule has 1 aliphatic rings. The van der Waals surface area contributed by atoms with Crippen molar-refractivity contribution in [2.24, 2.45) is 0 Å². The number of nitrogens with two attached hydrogens (primary N) is 1. The molecule has 0 aliphatic carbocycles. The van der Waals surface area contributed by atoms with E-state index >= 15 is 0 Å². The number of hydrogen-bond acceptors (Lipinski definition) is 3. The van der Waals surface area contributed by atoms with E-state index in [0.717, 1.165) is 12.3 Å². The second kappa shape index (κ2) is 4.37. The van der Waals surface area contributed by atoms with Crippen LogP contribution in [0.3, 0.4) is 0 Å². The maximum atomic E-state index is 13.5. The number of rotatable bonds is 1. The highest BCUT2D eigenvalue weighted by Crippen LogP contribution is 2.34. The predicted molar refractivity (Wildman–Crippen MR) is 58.8 cm³/mol. The van der Waals surface area contributed by atoms with Crippen molar-refractivity contribution in [2.75, 3.05) is 24.6 Å². The fourth-order valence-corrected chi connectivity index (χ4v) is 2.84. The van der Waals surface area contributed by atoms with Gasteiger partial charge in [-0.15, -0.1) is 0 Å². The number of benzene rings is 1. The van der Waals surface area contributed by atoms with E-state index in [9.17, 15) is 8.78 Å². The number of hydrogen-bond donors (Lipinski definition) is 2. The highest BCUT2D eigenvalue weighted by molar-refractivity contribution is 7.99. The Kier molecular flexibility index (Phi) is 3.11. The van der Waals surface area contributed by atoms with Gasteiger partial charge in [0.05, 0.1) is 0 Å². The van der Waals surface area contributed by atoms with Crippen LogP contribution in [0.5, 0.6) is 0 Å². The molecule has 1 atom stereocenters. The van der Waals surface area contributed by atoms with Crippen molar-refractivity contribution in [3.8, 4) is 0 Å².